The number of nitrogen functional groups attached to an aromatic ring is 4. The Balaban J connectivity index is 0.000000128. The van der Waals surface area contributed by atoms with E-state index in [9.17, 15) is 8.78 Å². The number of rotatable bonds is 21. The maximum atomic E-state index is 13.2. The Morgan fingerprint density at radius 3 is 0.925 bits per heavy atom. The zero-order valence-electron chi connectivity index (χ0n) is 85.5. The van der Waals surface area contributed by atoms with E-state index in [-0.39, 0.29) is 11.6 Å². The molecule has 762 valence electrons. The van der Waals surface area contributed by atoms with Crippen molar-refractivity contribution < 1.29 is 8.78 Å². The van der Waals surface area contributed by atoms with E-state index in [0.717, 1.165) is 256 Å². The second kappa shape index (κ2) is 54.9. The van der Waals surface area contributed by atoms with Crippen LogP contribution in [0, 0.1) is 60.1 Å². The molecule has 0 bridgehead atoms. The van der Waals surface area contributed by atoms with Gasteiger partial charge in [0.2, 0.25) is 11.9 Å². The van der Waals surface area contributed by atoms with Crippen LogP contribution in [0.3, 0.4) is 0 Å². The number of anilines is 4. The molecule has 7 aliphatic rings. The molecule has 0 aliphatic carbocycles. The van der Waals surface area contributed by atoms with Gasteiger partial charge in [-0.15, -0.1) is 0 Å². The van der Waals surface area contributed by atoms with Gasteiger partial charge >= 0.3 is 0 Å². The van der Waals surface area contributed by atoms with Gasteiger partial charge in [0.15, 0.2) is 0 Å². The maximum absolute atomic E-state index is 13.2. The van der Waals surface area contributed by atoms with E-state index in [1.54, 1.807) is 43.1 Å². The Labute approximate surface area is 857 Å². The number of pyridine rings is 7. The van der Waals surface area contributed by atoms with Gasteiger partial charge in [0, 0.05) is 256 Å². The summed E-state index contributed by atoms with van der Waals surface area (Å²) in [6.45, 7) is 34.5. The number of likely N-dealkylation sites (tertiary alicyclic amines) is 6. The fraction of sp³-hybridized carbons (Fsp3) is 0.420. The average molecular weight is 1970 g/mol. The number of hydrogen-bond acceptors (Lipinski definition) is 32. The van der Waals surface area contributed by atoms with Crippen molar-refractivity contribution in [2.75, 3.05) is 115 Å². The number of aromatic nitrogens is 21. The molecule has 0 saturated carbocycles. The van der Waals surface area contributed by atoms with Crippen molar-refractivity contribution in [1.82, 2.24) is 139 Å². The maximum Gasteiger partial charge on any atom is 0.219 e. The van der Waals surface area contributed by atoms with Crippen molar-refractivity contribution in [2.24, 2.45) is 0 Å². The van der Waals surface area contributed by atoms with Gasteiger partial charge in [0.05, 0.1) is 12.4 Å². The smallest absolute Gasteiger partial charge is 0.219 e. The zero-order chi connectivity index (χ0) is 102. The van der Waals surface area contributed by atoms with Crippen molar-refractivity contribution >= 4 is 29.1 Å². The van der Waals surface area contributed by atoms with E-state index in [1.165, 1.54) is 95.7 Å². The van der Waals surface area contributed by atoms with Gasteiger partial charge in [0.1, 0.15) is 52.4 Å². The Morgan fingerprint density at radius 1 is 0.274 bits per heavy atom. The normalized spacial score (nSPS) is 16.9. The number of hydrogen-bond donors (Lipinski definition) is 4. The van der Waals surface area contributed by atoms with E-state index in [4.69, 9.17) is 22.9 Å². The molecule has 0 spiro atoms. The molecule has 0 radical (unpaired) electrons. The summed E-state index contributed by atoms with van der Waals surface area (Å²) in [4.78, 5) is 105. The van der Waals surface area contributed by atoms with Crippen molar-refractivity contribution in [1.29, 1.82) is 0 Å². The first-order chi connectivity index (χ1) is 71.1. The Morgan fingerprint density at radius 2 is 0.596 bits per heavy atom. The van der Waals surface area contributed by atoms with Crippen LogP contribution in [0.2, 0.25) is 0 Å². The first-order valence-electron chi connectivity index (χ1n) is 51.2. The molecule has 14 aromatic rings. The summed E-state index contributed by atoms with van der Waals surface area (Å²) in [6.07, 6.45) is 56.7. The molecule has 34 heteroatoms. The summed E-state index contributed by atoms with van der Waals surface area (Å²) in [7, 11) is 0. The van der Waals surface area contributed by atoms with Crippen molar-refractivity contribution in [3.63, 3.8) is 0 Å². The molecule has 0 aromatic carbocycles. The van der Waals surface area contributed by atoms with Gasteiger partial charge in [-0.3, -0.25) is 69.2 Å². The first kappa shape index (κ1) is 106. The number of aryl methyl sites for hydroxylation is 7. The molecule has 0 atom stereocenters. The molecule has 6 fully saturated rings. The van der Waals surface area contributed by atoms with Crippen LogP contribution in [-0.4, -0.2) is 231 Å². The molecule has 32 nitrogen and oxygen atoms in total. The van der Waals surface area contributed by atoms with E-state index < -0.39 is 0 Å². The number of piperidine rings is 6. The molecule has 14 aromatic heterocycles. The van der Waals surface area contributed by atoms with Gasteiger partial charge in [-0.25, -0.2) is 78.6 Å². The molecule has 0 unspecified atom stereocenters. The van der Waals surface area contributed by atoms with Crippen molar-refractivity contribution in [3.05, 3.63) is 358 Å². The second-order valence-electron chi connectivity index (χ2n) is 39.0. The first-order valence-corrected chi connectivity index (χ1v) is 51.2. The fourth-order valence-electron chi connectivity index (χ4n) is 19.8. The Hall–Kier alpha value is -13.9. The molecule has 0 amide bonds. The lowest BCUT2D eigenvalue weighted by molar-refractivity contribution is 0.202. The van der Waals surface area contributed by atoms with Crippen LogP contribution in [0.25, 0.3) is 5.57 Å². The van der Waals surface area contributed by atoms with Crippen LogP contribution in [0.5, 0.6) is 0 Å². The van der Waals surface area contributed by atoms with Crippen molar-refractivity contribution in [3.8, 4) is 0 Å². The minimum Gasteiger partial charge on any atom is -0.383 e. The fourth-order valence-corrected chi connectivity index (χ4v) is 19.8. The van der Waals surface area contributed by atoms with Crippen molar-refractivity contribution in [2.45, 2.75) is 213 Å². The highest BCUT2D eigenvalue weighted by atomic mass is 19.1. The third-order valence-electron chi connectivity index (χ3n) is 28.3. The van der Waals surface area contributed by atoms with Gasteiger partial charge in [-0.1, -0.05) is 36.4 Å². The van der Waals surface area contributed by atoms with Crippen LogP contribution in [0.1, 0.15) is 238 Å². The average Bonchev–Trinajstić information content (AvgIpc) is 0.845. The van der Waals surface area contributed by atoms with Crippen LogP contribution in [0.4, 0.5) is 32.3 Å². The molecular weight excluding hydrogens is 1830 g/mol. The van der Waals surface area contributed by atoms with E-state index >= 15 is 0 Å². The van der Waals surface area contributed by atoms with E-state index in [2.05, 4.69) is 201 Å². The number of halogens is 2. The third kappa shape index (κ3) is 33.6. The minimum atomic E-state index is -0.256. The highest BCUT2D eigenvalue weighted by Crippen LogP contribution is 2.36. The summed E-state index contributed by atoms with van der Waals surface area (Å²) in [5, 5.41) is 0. The monoisotopic (exact) mass is 1970 g/mol. The number of nitrogens with zero attached hydrogens (tertiary/aromatic N) is 28. The lowest BCUT2D eigenvalue weighted by Gasteiger charge is -2.32. The molecule has 7 aliphatic heterocycles. The largest absolute Gasteiger partial charge is 0.383 e. The topological polar surface area (TPSA) is 397 Å². The molecule has 146 heavy (non-hydrogen) atoms. The lowest BCUT2D eigenvalue weighted by Crippen LogP contribution is -2.33. The summed E-state index contributed by atoms with van der Waals surface area (Å²) in [6, 6.07) is 28.1. The predicted molar refractivity (Wildman–Crippen MR) is 566 cm³/mol. The molecule has 8 N–H and O–H groups in total. The van der Waals surface area contributed by atoms with Gasteiger partial charge in [-0.05, 0) is 322 Å². The Kier molecular flexibility index (Phi) is 40.0. The van der Waals surface area contributed by atoms with E-state index in [0.29, 0.717) is 64.9 Å². The lowest BCUT2D eigenvalue weighted by atomic mass is 9.90. The zero-order valence-corrected chi connectivity index (χ0v) is 85.5. The predicted octanol–water partition coefficient (Wildman–Crippen LogP) is 16.4. The second-order valence-corrected chi connectivity index (χ2v) is 39.0. The Bertz CT molecular complexity index is 5920. The van der Waals surface area contributed by atoms with Crippen LogP contribution >= 0.6 is 0 Å². The summed E-state index contributed by atoms with van der Waals surface area (Å²) in [5.74, 6) is 8.58. The van der Waals surface area contributed by atoms with Crippen LogP contribution in [-0.2, 0) is 45.8 Å². The quantitative estimate of drug-likeness (QED) is 0.0519. The molecule has 6 saturated heterocycles. The van der Waals surface area contributed by atoms with Gasteiger partial charge in [0.25, 0.3) is 0 Å². The van der Waals surface area contributed by atoms with Crippen LogP contribution < -0.4 is 22.9 Å². The molecular formula is C112H140F2N32. The molecule has 21 heterocycles. The summed E-state index contributed by atoms with van der Waals surface area (Å²) < 4.78 is 26.5. The van der Waals surface area contributed by atoms with Gasteiger partial charge < -0.3 is 22.9 Å². The third-order valence-corrected chi connectivity index (χ3v) is 28.3. The SMILES string of the molecule is Cc1ncc(CN2CC=C(c3cccnc3)CC2)c(N)n1.Cc1ncc(CN2CCC(c3ccccn3)CC2)c(C)n1.Cc1ncc(CN2CCC(c3ccccn3)CC2)c(N)n1.Cc1ncc(CN2CCC(c3cccnc3)CC2)c(C)n1.Cc1ncc(CN2CCC(c3cncc(F)c3)CC2)cn1.Nc1ncc(CN2CCC(c3cccnc3)CC2)cn1.Nc1ncc(CN2CCC(c3cncc(F)c3)CC2)cn1. The highest BCUT2D eigenvalue weighted by molar-refractivity contribution is 5.66. The number of nitrogens with two attached hydrogens (primary N) is 4. The van der Waals surface area contributed by atoms with Gasteiger partial charge in [-0.2, -0.15) is 0 Å². The summed E-state index contributed by atoms with van der Waals surface area (Å²) in [5.41, 5.74) is 42.8. The molecule has 21 rings (SSSR count). The highest BCUT2D eigenvalue weighted by Gasteiger charge is 2.29. The summed E-state index contributed by atoms with van der Waals surface area (Å²) >= 11 is 0. The van der Waals surface area contributed by atoms with E-state index in [1.807, 2.05) is 158 Å². The minimum absolute atomic E-state index is 0.244. The van der Waals surface area contributed by atoms with Crippen LogP contribution in [0.15, 0.2) is 227 Å². The standard InChI is InChI=1S/2C17H22N4.C16H19FN4.C16H19N5.C16H21N5.C15H18FN5.C15H19N5/c1-13-17(11-19-14(2)20-13)12-21-8-5-15(6-9-21)16-4-3-7-18-10-16;1-13-16(11-19-14(2)20-13)12-21-9-6-15(7-10-21)17-5-3-4-8-18-17;1-12-19-7-13(8-20-12)11-21-4-2-14(3-5-21)15-6-16(17)10-18-9-15;1-12-19-10-15(16(17)20-12)11-21-7-4-13(5-8-21)14-3-2-6-18-9-14;1-12-19-10-14(16(17)20-12)11-21-8-5-13(6-9-21)15-4-2-3-7-18-15;16-14-5-13(8-18-9-14)12-1-3-21(4-2-12)10-11-6-19-15(17)20-7-11;16-15-18-8-12(9-19-15)11-20-6-3-13(4-7-20)14-2-1-5-17-10-14/h3-4,7,10-11,15H,5-6,8-9,12H2,1-2H3;3-5,8,11,15H,6-7,9-10,12H2,1-2H3;6-10,14H,2-5,11H2,1H3;2-4,6,9-10H,5,7-8,11H2,1H3,(H2,17,19,20);2-4,7,10,13H,5-6,8-9,11H2,1H3,(H2,17,19,20);5-9,12H,1-4,10H2,(H2,17,19,20);1-2,5,8-10,13H,3-4,6-7,11H2,(H2,16,18,19).